The number of Topliss-reactive ketones (excluding diaryl/α,β-unsaturated/α-hetero) is 3. The molecule has 0 saturated heterocycles. The number of carbonyl (C=O) groups excluding carboxylic acids is 3. The smallest absolute Gasteiger partial charge is 0.416 e. The van der Waals surface area contributed by atoms with E-state index in [-0.39, 0.29) is 42.6 Å². The molecule has 1 N–H and O–H groups in total. The van der Waals surface area contributed by atoms with Gasteiger partial charge in [0.05, 0.1) is 11.5 Å². The highest BCUT2D eigenvalue weighted by Gasteiger charge is 2.50. The van der Waals surface area contributed by atoms with Crippen LogP contribution in [-0.4, -0.2) is 22.5 Å². The maximum absolute atomic E-state index is 13.8. The molecule has 31 heavy (non-hydrogen) atoms. The number of benzene rings is 1. The number of halogens is 3. The lowest BCUT2D eigenvalue weighted by molar-refractivity contribution is -0.143. The van der Waals surface area contributed by atoms with Crippen LogP contribution in [-0.2, 0) is 20.6 Å². The van der Waals surface area contributed by atoms with Crippen LogP contribution in [0.1, 0.15) is 70.4 Å². The van der Waals surface area contributed by atoms with E-state index in [1.807, 2.05) is 0 Å². The van der Waals surface area contributed by atoms with Crippen molar-refractivity contribution < 1.29 is 32.7 Å². The van der Waals surface area contributed by atoms with Crippen molar-refractivity contribution >= 4 is 17.3 Å². The van der Waals surface area contributed by atoms with Crippen molar-refractivity contribution in [3.8, 4) is 0 Å². The van der Waals surface area contributed by atoms with E-state index in [1.54, 1.807) is 27.7 Å². The van der Waals surface area contributed by atoms with Crippen molar-refractivity contribution in [1.29, 1.82) is 0 Å². The fourth-order valence-corrected chi connectivity index (χ4v) is 4.96. The maximum Gasteiger partial charge on any atom is 0.416 e. The molecule has 0 bridgehead atoms. The Bertz CT molecular complexity index is 949. The van der Waals surface area contributed by atoms with Gasteiger partial charge in [0.1, 0.15) is 17.3 Å². The molecule has 0 aliphatic heterocycles. The average molecular weight is 436 g/mol. The Morgan fingerprint density at radius 1 is 0.903 bits per heavy atom. The van der Waals surface area contributed by atoms with Gasteiger partial charge in [0.25, 0.3) is 0 Å². The number of hydrogen-bond donors (Lipinski definition) is 1. The fraction of sp³-hybridized carbons (Fsp3) is 0.542. The molecule has 1 fully saturated rings. The summed E-state index contributed by atoms with van der Waals surface area (Å²) in [7, 11) is 0. The molecule has 0 heterocycles. The van der Waals surface area contributed by atoms with Crippen LogP contribution >= 0.6 is 0 Å². The highest BCUT2D eigenvalue weighted by molar-refractivity contribution is 6.09. The van der Waals surface area contributed by atoms with Crippen LogP contribution in [0.5, 0.6) is 0 Å². The zero-order chi connectivity index (χ0) is 23.4. The van der Waals surface area contributed by atoms with Gasteiger partial charge in [-0.1, -0.05) is 45.9 Å². The Morgan fingerprint density at radius 3 is 1.94 bits per heavy atom. The van der Waals surface area contributed by atoms with Gasteiger partial charge in [0.15, 0.2) is 5.78 Å². The summed E-state index contributed by atoms with van der Waals surface area (Å²) in [6.45, 7) is 7.05. The minimum atomic E-state index is -4.75. The zero-order valence-corrected chi connectivity index (χ0v) is 18.1. The number of aliphatic hydroxyl groups is 1. The molecule has 2 aliphatic carbocycles. The van der Waals surface area contributed by atoms with Crippen molar-refractivity contribution in [2.45, 2.75) is 65.5 Å². The molecular formula is C24H27F3O4. The summed E-state index contributed by atoms with van der Waals surface area (Å²) < 4.78 is 41.5. The second-order valence-electron chi connectivity index (χ2n) is 10.3. The lowest BCUT2D eigenvalue weighted by Crippen LogP contribution is -2.43. The van der Waals surface area contributed by atoms with Crippen molar-refractivity contribution in [2.24, 2.45) is 16.7 Å². The van der Waals surface area contributed by atoms with Crippen molar-refractivity contribution in [1.82, 2.24) is 0 Å². The van der Waals surface area contributed by atoms with Crippen LogP contribution in [0.25, 0.3) is 0 Å². The number of carbonyl (C=O) groups is 3. The molecule has 2 aliphatic rings. The number of alkyl halides is 3. The number of hydrogen-bond acceptors (Lipinski definition) is 4. The maximum atomic E-state index is 13.8. The molecule has 1 aromatic carbocycles. The molecule has 1 saturated carbocycles. The molecule has 0 radical (unpaired) electrons. The molecule has 4 nitrogen and oxygen atoms in total. The van der Waals surface area contributed by atoms with Crippen LogP contribution in [0.15, 0.2) is 35.6 Å². The summed E-state index contributed by atoms with van der Waals surface area (Å²) >= 11 is 0. The molecule has 168 valence electrons. The number of aliphatic hydroxyl groups excluding tert-OH is 1. The molecule has 3 rings (SSSR count). The predicted molar refractivity (Wildman–Crippen MR) is 108 cm³/mol. The van der Waals surface area contributed by atoms with Crippen molar-refractivity contribution in [3.63, 3.8) is 0 Å². The Labute approximate surface area is 179 Å². The molecule has 0 unspecified atom stereocenters. The van der Waals surface area contributed by atoms with Gasteiger partial charge >= 0.3 is 6.18 Å². The van der Waals surface area contributed by atoms with Crippen LogP contribution in [0.3, 0.4) is 0 Å². The summed E-state index contributed by atoms with van der Waals surface area (Å²) in [6, 6.07) is 4.67. The van der Waals surface area contributed by atoms with E-state index in [0.717, 1.165) is 6.07 Å². The first-order valence-corrected chi connectivity index (χ1v) is 10.3. The Morgan fingerprint density at radius 2 is 1.42 bits per heavy atom. The monoisotopic (exact) mass is 436 g/mol. The normalized spacial score (nSPS) is 23.3. The third kappa shape index (κ3) is 4.60. The predicted octanol–water partition coefficient (Wildman–Crippen LogP) is 5.56. The highest BCUT2D eigenvalue weighted by atomic mass is 19.4. The summed E-state index contributed by atoms with van der Waals surface area (Å²) in [5, 5.41) is 10.8. The molecule has 7 heteroatoms. The topological polar surface area (TPSA) is 71.4 Å². The first kappa shape index (κ1) is 23.2. The minimum Gasteiger partial charge on any atom is -0.512 e. The molecule has 0 amide bonds. The highest BCUT2D eigenvalue weighted by Crippen LogP contribution is 2.49. The Balaban J connectivity index is 2.26. The van der Waals surface area contributed by atoms with Gasteiger partial charge in [-0.05, 0) is 22.5 Å². The van der Waals surface area contributed by atoms with Gasteiger partial charge in [0, 0.05) is 37.2 Å². The largest absolute Gasteiger partial charge is 0.512 e. The van der Waals surface area contributed by atoms with E-state index >= 15 is 0 Å². The van der Waals surface area contributed by atoms with E-state index in [4.69, 9.17) is 0 Å². The fourth-order valence-electron chi connectivity index (χ4n) is 4.96. The standard InChI is InChI=1S/C24H27F3O4/c1-22(2)9-15(28)20(16(29)10-22)19(13-7-5-6-8-14(13)24(25,26)27)21-17(30)11-23(3,4)12-18(21)31/h5-8,19-20,30H,9-12H2,1-4H3/t19-/m0/s1. The van der Waals surface area contributed by atoms with E-state index in [1.165, 1.54) is 18.2 Å². The summed E-state index contributed by atoms with van der Waals surface area (Å²) in [5.41, 5.74) is -2.74. The summed E-state index contributed by atoms with van der Waals surface area (Å²) in [6.07, 6.45) is -4.62. The Hall–Kier alpha value is -2.44. The summed E-state index contributed by atoms with van der Waals surface area (Å²) in [4.78, 5) is 39.2. The van der Waals surface area contributed by atoms with Crippen molar-refractivity contribution in [2.75, 3.05) is 0 Å². The van der Waals surface area contributed by atoms with E-state index in [2.05, 4.69) is 0 Å². The van der Waals surface area contributed by atoms with Gasteiger partial charge in [-0.2, -0.15) is 13.2 Å². The lowest BCUT2D eigenvalue weighted by atomic mass is 9.62. The molecular weight excluding hydrogens is 409 g/mol. The van der Waals surface area contributed by atoms with Gasteiger partial charge in [-0.3, -0.25) is 14.4 Å². The molecule has 0 aromatic heterocycles. The second-order valence-corrected chi connectivity index (χ2v) is 10.3. The van der Waals surface area contributed by atoms with E-state index in [0.29, 0.717) is 0 Å². The Kier molecular flexibility index (Phi) is 5.70. The molecule has 1 aromatic rings. The van der Waals surface area contributed by atoms with Gasteiger partial charge in [0.2, 0.25) is 0 Å². The number of rotatable bonds is 3. The van der Waals surface area contributed by atoms with Crippen LogP contribution in [0, 0.1) is 16.7 Å². The van der Waals surface area contributed by atoms with Gasteiger partial charge in [-0.25, -0.2) is 0 Å². The molecule has 1 atom stereocenters. The SMILES string of the molecule is CC1(C)CC(=O)C([C@@H](C2=C(O)CC(C)(C)CC2=O)c2ccccc2C(F)(F)F)C(=O)C1. The van der Waals surface area contributed by atoms with Gasteiger partial charge < -0.3 is 5.11 Å². The minimum absolute atomic E-state index is 0.0116. The average Bonchev–Trinajstić information content (AvgIpc) is 2.56. The quantitative estimate of drug-likeness (QED) is 0.630. The number of ketones is 3. The van der Waals surface area contributed by atoms with E-state index < -0.39 is 51.8 Å². The van der Waals surface area contributed by atoms with Crippen LogP contribution in [0.2, 0.25) is 0 Å². The third-order valence-electron chi connectivity index (χ3n) is 6.14. The van der Waals surface area contributed by atoms with Crippen LogP contribution in [0.4, 0.5) is 13.2 Å². The first-order valence-electron chi connectivity index (χ1n) is 10.3. The van der Waals surface area contributed by atoms with Crippen molar-refractivity contribution in [3.05, 3.63) is 46.7 Å². The second kappa shape index (κ2) is 7.61. The molecule has 0 spiro atoms. The zero-order valence-electron chi connectivity index (χ0n) is 18.1. The van der Waals surface area contributed by atoms with Gasteiger partial charge in [-0.15, -0.1) is 0 Å². The summed E-state index contributed by atoms with van der Waals surface area (Å²) in [5.74, 6) is -4.76. The van der Waals surface area contributed by atoms with E-state index in [9.17, 15) is 32.7 Å². The lowest BCUT2D eigenvalue weighted by Gasteiger charge is -2.39. The first-order chi connectivity index (χ1) is 14.1. The van der Waals surface area contributed by atoms with Crippen LogP contribution < -0.4 is 0 Å². The number of allylic oxidation sites excluding steroid dienone is 2. The third-order valence-corrected chi connectivity index (χ3v) is 6.14.